The number of fused-ring (bicyclic) bond motifs is 1. The van der Waals surface area contributed by atoms with Gasteiger partial charge in [-0.2, -0.15) is 0 Å². The molecule has 1 aliphatic rings. The number of aromatic nitrogens is 6. The number of hydrogen-bond acceptors (Lipinski definition) is 11. The van der Waals surface area contributed by atoms with E-state index in [1.807, 2.05) is 13.0 Å². The van der Waals surface area contributed by atoms with Gasteiger partial charge < -0.3 is 13.7 Å². The smallest absolute Gasteiger partial charge is 0.360 e. The Morgan fingerprint density at radius 1 is 1.43 bits per heavy atom. The third-order valence-corrected chi connectivity index (χ3v) is 6.70. The van der Waals surface area contributed by atoms with E-state index in [1.165, 1.54) is 28.9 Å². The molecule has 182 valence electrons. The van der Waals surface area contributed by atoms with E-state index in [9.17, 15) is 9.18 Å². The first-order chi connectivity index (χ1) is 17.0. The van der Waals surface area contributed by atoms with Crippen molar-refractivity contribution in [2.45, 2.75) is 43.8 Å². The predicted molar refractivity (Wildman–Crippen MR) is 120 cm³/mol. The fourth-order valence-corrected chi connectivity index (χ4v) is 5.12. The second kappa shape index (κ2) is 9.96. The van der Waals surface area contributed by atoms with Crippen LogP contribution in [0.5, 0.6) is 0 Å². The summed E-state index contributed by atoms with van der Waals surface area (Å²) >= 11 is 1.50. The molecule has 11 nitrogen and oxygen atoms in total. The van der Waals surface area contributed by atoms with Crippen molar-refractivity contribution >= 4 is 17.7 Å². The molecule has 35 heavy (non-hydrogen) atoms. The topological polar surface area (TPSA) is 134 Å². The van der Waals surface area contributed by atoms with Crippen LogP contribution >= 0.6 is 11.8 Å². The molecule has 1 N–H and O–H groups in total. The van der Waals surface area contributed by atoms with Crippen LogP contribution in [-0.2, 0) is 11.3 Å². The first-order valence-corrected chi connectivity index (χ1v) is 12.0. The van der Waals surface area contributed by atoms with E-state index in [0.717, 1.165) is 17.7 Å². The van der Waals surface area contributed by atoms with Crippen LogP contribution in [0, 0.1) is 12.7 Å². The Kier molecular flexibility index (Phi) is 6.59. The maximum absolute atomic E-state index is 14.4. The second-order valence-electron chi connectivity index (χ2n) is 7.86. The molecule has 0 radical (unpaired) electrons. The molecule has 0 saturated carbocycles. The van der Waals surface area contributed by atoms with Crippen molar-refractivity contribution in [3.63, 3.8) is 0 Å². The van der Waals surface area contributed by atoms with Crippen LogP contribution in [0.15, 0.2) is 44.5 Å². The van der Waals surface area contributed by atoms with Gasteiger partial charge in [-0.3, -0.25) is 5.32 Å². The Bertz CT molecular complexity index is 1340. The Morgan fingerprint density at radius 3 is 3.11 bits per heavy atom. The summed E-state index contributed by atoms with van der Waals surface area (Å²) < 4.78 is 32.0. The number of esters is 1. The maximum atomic E-state index is 14.4. The zero-order chi connectivity index (χ0) is 24.4. The van der Waals surface area contributed by atoms with Gasteiger partial charge >= 0.3 is 5.97 Å². The van der Waals surface area contributed by atoms with E-state index in [2.05, 4.69) is 31.0 Å². The van der Waals surface area contributed by atoms with Gasteiger partial charge in [-0.05, 0) is 48.1 Å². The third-order valence-electron chi connectivity index (χ3n) is 5.55. The Labute approximate surface area is 203 Å². The zero-order valence-corrected chi connectivity index (χ0v) is 19.8. The van der Waals surface area contributed by atoms with Crippen LogP contribution in [0.2, 0.25) is 0 Å². The molecule has 0 fully saturated rings. The van der Waals surface area contributed by atoms with Gasteiger partial charge in [0.1, 0.15) is 18.4 Å². The largest absolute Gasteiger partial charge is 0.461 e. The number of thioether (sulfide) groups is 1. The van der Waals surface area contributed by atoms with Gasteiger partial charge in [-0.15, -0.1) is 16.9 Å². The predicted octanol–water partition coefficient (Wildman–Crippen LogP) is 3.24. The summed E-state index contributed by atoms with van der Waals surface area (Å²) in [5.41, 5.74) is 1.61. The number of benzene rings is 1. The SMILES string of the molecule is CCOC(=O)c1ncoc1Cn1nnnc1C(NC1CCSc2c(F)cccc21)c1cc(C)no1. The summed E-state index contributed by atoms with van der Waals surface area (Å²) in [6, 6.07) is 6.08. The van der Waals surface area contributed by atoms with Crippen molar-refractivity contribution in [1.82, 2.24) is 35.7 Å². The minimum atomic E-state index is -0.607. The number of halogens is 1. The normalized spacial score (nSPS) is 16.1. The van der Waals surface area contributed by atoms with Crippen molar-refractivity contribution in [3.05, 3.63) is 70.8 Å². The monoisotopic (exact) mass is 499 g/mol. The summed E-state index contributed by atoms with van der Waals surface area (Å²) in [4.78, 5) is 16.8. The van der Waals surface area contributed by atoms with E-state index in [0.29, 0.717) is 22.2 Å². The van der Waals surface area contributed by atoms with Crippen LogP contribution < -0.4 is 5.32 Å². The van der Waals surface area contributed by atoms with E-state index >= 15 is 0 Å². The van der Waals surface area contributed by atoms with Gasteiger partial charge in [0.2, 0.25) is 0 Å². The molecule has 0 amide bonds. The molecular formula is C22H22FN7O4S. The van der Waals surface area contributed by atoms with E-state index in [4.69, 9.17) is 13.7 Å². The molecule has 13 heteroatoms. The highest BCUT2D eigenvalue weighted by Crippen LogP contribution is 2.39. The number of carbonyl (C=O) groups is 1. The summed E-state index contributed by atoms with van der Waals surface area (Å²) in [5, 5.41) is 19.7. The van der Waals surface area contributed by atoms with Crippen LogP contribution in [0.1, 0.15) is 64.5 Å². The van der Waals surface area contributed by atoms with Gasteiger partial charge in [0.15, 0.2) is 29.4 Å². The zero-order valence-electron chi connectivity index (χ0n) is 19.0. The van der Waals surface area contributed by atoms with Crippen molar-refractivity contribution < 1.29 is 22.9 Å². The lowest BCUT2D eigenvalue weighted by Crippen LogP contribution is -2.32. The maximum Gasteiger partial charge on any atom is 0.360 e. The fourth-order valence-electron chi connectivity index (χ4n) is 3.98. The van der Waals surface area contributed by atoms with E-state index < -0.39 is 12.0 Å². The molecule has 0 saturated heterocycles. The van der Waals surface area contributed by atoms with Crippen molar-refractivity contribution in [2.75, 3.05) is 12.4 Å². The molecule has 0 aliphatic carbocycles. The van der Waals surface area contributed by atoms with E-state index in [-0.39, 0.29) is 36.5 Å². The molecule has 2 atom stereocenters. The number of hydrogen-bond donors (Lipinski definition) is 1. The van der Waals surface area contributed by atoms with Crippen molar-refractivity contribution in [2.24, 2.45) is 0 Å². The average Bonchev–Trinajstić information content (AvgIpc) is 3.60. The number of aryl methyl sites for hydroxylation is 1. The molecular weight excluding hydrogens is 477 g/mol. The van der Waals surface area contributed by atoms with Crippen LogP contribution in [0.3, 0.4) is 0 Å². The lowest BCUT2D eigenvalue weighted by Gasteiger charge is -2.29. The van der Waals surface area contributed by atoms with Crippen LogP contribution in [0.4, 0.5) is 4.39 Å². The molecule has 2 unspecified atom stereocenters. The molecule has 3 aromatic heterocycles. The standard InChI is InChI=1S/C22H22FN7O4S/c1-3-32-22(31)19-17(33-11-24-19)10-30-21(26-28-29-30)18(16-9-12(2)27-34-16)25-15-7-8-35-20-13(15)5-4-6-14(20)23/h4-6,9,11,15,18,25H,3,7-8,10H2,1-2H3. The Hall–Kier alpha value is -3.58. The molecule has 4 aromatic rings. The number of rotatable bonds is 8. The van der Waals surface area contributed by atoms with Gasteiger partial charge in [-0.25, -0.2) is 18.9 Å². The van der Waals surface area contributed by atoms with Crippen LogP contribution in [-0.4, -0.2) is 48.7 Å². The Morgan fingerprint density at radius 2 is 2.31 bits per heavy atom. The highest BCUT2D eigenvalue weighted by molar-refractivity contribution is 7.99. The summed E-state index contributed by atoms with van der Waals surface area (Å²) in [5.74, 6) is 1.07. The lowest BCUT2D eigenvalue weighted by atomic mass is 10.0. The highest BCUT2D eigenvalue weighted by Gasteiger charge is 2.32. The molecule has 4 heterocycles. The van der Waals surface area contributed by atoms with Crippen molar-refractivity contribution in [3.8, 4) is 0 Å². The molecule has 0 bridgehead atoms. The number of nitrogens with one attached hydrogen (secondary N) is 1. The molecule has 5 rings (SSSR count). The van der Waals surface area contributed by atoms with Crippen LogP contribution in [0.25, 0.3) is 0 Å². The second-order valence-corrected chi connectivity index (χ2v) is 8.96. The van der Waals surface area contributed by atoms with Gasteiger partial charge in [-0.1, -0.05) is 17.3 Å². The van der Waals surface area contributed by atoms with Gasteiger partial charge in [0.25, 0.3) is 0 Å². The summed E-state index contributed by atoms with van der Waals surface area (Å²) in [7, 11) is 0. The minimum Gasteiger partial charge on any atom is -0.461 e. The minimum absolute atomic E-state index is 0.0352. The first kappa shape index (κ1) is 23.2. The van der Waals surface area contributed by atoms with Gasteiger partial charge in [0.05, 0.1) is 12.3 Å². The fraction of sp³-hybridized carbons (Fsp3) is 0.364. The highest BCUT2D eigenvalue weighted by atomic mass is 32.2. The average molecular weight is 500 g/mol. The quantitative estimate of drug-likeness (QED) is 0.358. The summed E-state index contributed by atoms with van der Waals surface area (Å²) in [6.07, 6.45) is 1.94. The first-order valence-electron chi connectivity index (χ1n) is 11.0. The number of carbonyl (C=O) groups excluding carboxylic acids is 1. The van der Waals surface area contributed by atoms with Crippen molar-refractivity contribution in [1.29, 1.82) is 0 Å². The number of oxazole rings is 1. The van der Waals surface area contributed by atoms with E-state index in [1.54, 1.807) is 19.1 Å². The number of ether oxygens (including phenoxy) is 1. The number of nitrogens with zero attached hydrogens (tertiary/aromatic N) is 6. The molecule has 1 aliphatic heterocycles. The Balaban J connectivity index is 1.48. The molecule has 0 spiro atoms. The van der Waals surface area contributed by atoms with Gasteiger partial charge in [0, 0.05) is 17.0 Å². The lowest BCUT2D eigenvalue weighted by molar-refractivity contribution is 0.0517. The number of tetrazole rings is 1. The third kappa shape index (κ3) is 4.68. The summed E-state index contributed by atoms with van der Waals surface area (Å²) in [6.45, 7) is 3.77. The molecule has 1 aromatic carbocycles.